The number of ether oxygens (including phenoxy) is 4. The number of fused-ring (bicyclic) bond motifs is 6. The molecule has 13 amide bonds. The number of amides is 13. The van der Waals surface area contributed by atoms with E-state index in [1.807, 2.05) is 93.6 Å². The first-order valence-corrected chi connectivity index (χ1v) is 44.8. The van der Waals surface area contributed by atoms with Gasteiger partial charge in [0.25, 0.3) is 0 Å². The molecule has 2 unspecified atom stereocenters. The van der Waals surface area contributed by atoms with Gasteiger partial charge in [0.05, 0.1) is 24.0 Å². The van der Waals surface area contributed by atoms with Crippen molar-refractivity contribution in [2.24, 2.45) is 68.0 Å². The van der Waals surface area contributed by atoms with Gasteiger partial charge in [0, 0.05) is 108 Å². The fourth-order valence-electron chi connectivity index (χ4n) is 16.5. The van der Waals surface area contributed by atoms with E-state index in [1.54, 1.807) is 55.6 Å². The van der Waals surface area contributed by atoms with Gasteiger partial charge in [-0.2, -0.15) is 15.3 Å². The molecule has 2 saturated heterocycles. The molecule has 7 aliphatic rings. The highest BCUT2D eigenvalue weighted by atomic mass is 16.6. The Balaban J connectivity index is 0.000000276. The number of benzene rings is 4. The van der Waals surface area contributed by atoms with Crippen LogP contribution in [0.4, 0.5) is 33.6 Å². The number of hydrazone groups is 3. The number of hydrogen-bond donors (Lipinski definition) is 16. The van der Waals surface area contributed by atoms with Crippen LogP contribution < -0.4 is 76.0 Å². The van der Waals surface area contributed by atoms with Crippen LogP contribution in [0.5, 0.6) is 0 Å². The maximum absolute atomic E-state index is 13.3. The lowest BCUT2D eigenvalue weighted by atomic mass is 9.81. The number of urea groups is 3. The molecule has 5 aliphatic carbocycles. The first-order valence-electron chi connectivity index (χ1n) is 44.8. The van der Waals surface area contributed by atoms with E-state index in [0.717, 1.165) is 120 Å². The van der Waals surface area contributed by atoms with Crippen LogP contribution in [0.3, 0.4) is 0 Å². The number of aliphatic carboxylic acids is 2. The highest BCUT2D eigenvalue weighted by molar-refractivity contribution is 5.90. The number of rotatable bonds is 27. The van der Waals surface area contributed by atoms with E-state index in [0.29, 0.717) is 63.6 Å². The van der Waals surface area contributed by atoms with Gasteiger partial charge >= 0.3 is 54.4 Å². The van der Waals surface area contributed by atoms with Crippen LogP contribution in [-0.2, 0) is 42.9 Å². The van der Waals surface area contributed by atoms with Gasteiger partial charge in [-0.25, -0.2) is 54.6 Å². The Hall–Kier alpha value is -12.0. The molecule has 19 N–H and O–H groups in total. The number of nitrogens with one attached hydrogen (secondary N) is 11. The highest BCUT2D eigenvalue weighted by Gasteiger charge is 2.44. The Labute approximate surface area is 763 Å². The third-order valence-corrected chi connectivity index (χ3v) is 23.5. The van der Waals surface area contributed by atoms with E-state index >= 15 is 0 Å². The summed E-state index contributed by atoms with van der Waals surface area (Å²) in [5.74, 6) is -1.29. The zero-order valence-electron chi connectivity index (χ0n) is 76.5. The van der Waals surface area contributed by atoms with Gasteiger partial charge in [-0.1, -0.05) is 125 Å². The second-order valence-corrected chi connectivity index (χ2v) is 35.1. The third-order valence-electron chi connectivity index (χ3n) is 23.5. The maximum atomic E-state index is 13.3. The van der Waals surface area contributed by atoms with E-state index in [9.17, 15) is 62.6 Å². The zero-order valence-corrected chi connectivity index (χ0v) is 76.5. The lowest BCUT2D eigenvalue weighted by Crippen LogP contribution is -2.49. The second kappa shape index (κ2) is 53.2. The third kappa shape index (κ3) is 33.8. The largest absolute Gasteiger partial charge is 0.481 e. The Morgan fingerprint density at radius 3 is 1.17 bits per heavy atom. The second-order valence-electron chi connectivity index (χ2n) is 35.1. The predicted molar refractivity (Wildman–Crippen MR) is 497 cm³/mol. The molecule has 5 fully saturated rings. The summed E-state index contributed by atoms with van der Waals surface area (Å²) in [7, 11) is 4.83. The van der Waals surface area contributed by atoms with E-state index in [4.69, 9.17) is 35.5 Å². The van der Waals surface area contributed by atoms with Crippen molar-refractivity contribution >= 4 is 90.8 Å². The molecule has 0 spiro atoms. The van der Waals surface area contributed by atoms with E-state index in [-0.39, 0.29) is 118 Å². The molecular weight excluding hydrogens is 1670 g/mol. The van der Waals surface area contributed by atoms with E-state index < -0.39 is 83.7 Å². The number of carboxylic acid groups (broad SMARTS) is 2. The van der Waals surface area contributed by atoms with Crippen LogP contribution in [-0.4, -0.2) is 231 Å². The normalized spacial score (nSPS) is 21.3. The molecule has 2 heterocycles. The number of carboxylic acids is 2. The lowest BCUT2D eigenvalue weighted by Gasteiger charge is -2.27. The van der Waals surface area contributed by atoms with E-state index in [1.165, 1.54) is 30.6 Å². The molecule has 11 rings (SSSR count). The van der Waals surface area contributed by atoms with Crippen LogP contribution in [0.2, 0.25) is 0 Å². The van der Waals surface area contributed by atoms with E-state index in [2.05, 4.69) is 104 Å². The van der Waals surface area contributed by atoms with Crippen molar-refractivity contribution in [1.29, 1.82) is 0 Å². The van der Waals surface area contributed by atoms with Crippen LogP contribution in [0.15, 0.2) is 112 Å². The van der Waals surface area contributed by atoms with Crippen LogP contribution in [0.1, 0.15) is 213 Å². The molecule has 0 aromatic heterocycles. The smallest absolute Gasteiger partial charge is 0.410 e. The van der Waals surface area contributed by atoms with Gasteiger partial charge in [0.15, 0.2) is 0 Å². The Bertz CT molecular complexity index is 4370. The molecule has 7 atom stereocenters. The monoisotopic (exact) mass is 1810 g/mol. The first kappa shape index (κ1) is 107. The zero-order chi connectivity index (χ0) is 94.5. The summed E-state index contributed by atoms with van der Waals surface area (Å²) in [6.45, 7) is 18.4. The SMILES string of the molecule is C.CC(C)(C)OC(=O)NC1CC(C(=O)O)N(C(=O)OCC2c3ccccc3-c3ccccc32)C1.CC[C@@H](/C=N/NC(=O)NCC1CCC(C(=O)NC)CC1)NC(=O)[C@@H]1C[C@@H](N)CN1C(=O)OCC1c2ccccc2-c2ccccc21.CC[C@@H](/C=N/NC(=O)NCC1CCC(C(=O)O)CC1)NC(=O)OC(C)(C)C.CC[C@H](N)/C=N/NC(=O)NCC1CCC(C(=O)NC)CC1.CN. The number of alkyl carbamates (subject to hydrolysis) is 2. The van der Waals surface area contributed by atoms with Crippen LogP contribution in [0.25, 0.3) is 22.3 Å². The molecule has 4 aromatic rings. The van der Waals surface area contributed by atoms with Crippen molar-refractivity contribution in [3.8, 4) is 22.3 Å². The molecule has 3 saturated carbocycles. The summed E-state index contributed by atoms with van der Waals surface area (Å²) < 4.78 is 21.9. The highest BCUT2D eigenvalue weighted by Crippen LogP contribution is 2.46. The summed E-state index contributed by atoms with van der Waals surface area (Å²) in [6.07, 6.45) is 14.2. The first-order chi connectivity index (χ1) is 61.6. The van der Waals surface area contributed by atoms with Crippen molar-refractivity contribution in [1.82, 2.24) is 68.6 Å². The van der Waals surface area contributed by atoms with Crippen molar-refractivity contribution in [3.63, 3.8) is 0 Å². The van der Waals surface area contributed by atoms with Gasteiger partial charge < -0.3 is 88.9 Å². The lowest BCUT2D eigenvalue weighted by molar-refractivity contribution is -0.143. The molecule has 716 valence electrons. The summed E-state index contributed by atoms with van der Waals surface area (Å²) in [6, 6.07) is 27.3. The molecule has 37 heteroatoms. The summed E-state index contributed by atoms with van der Waals surface area (Å²) in [4.78, 5) is 148. The number of carbonyl (C=O) groups is 12. The minimum Gasteiger partial charge on any atom is -0.481 e. The van der Waals surface area contributed by atoms with Gasteiger partial charge in [-0.05, 0) is 214 Å². The minimum absolute atomic E-state index is 0. The van der Waals surface area contributed by atoms with Crippen LogP contribution >= 0.6 is 0 Å². The fraction of sp³-hybridized carbons (Fsp3) is 0.581. The standard InChI is InChI=1S/C34H45N7O5.C25H28N2O6.C18H32N4O5.C14H27N5O2.CH5N.CH4/c1-3-24(18-38-40-33(44)37-17-21-12-14-22(15-13-21)31(42)36-2)39-32(43)30-16-23(35)19-41(30)34(45)46-20-29-27-10-6-4-8-25(27)26-9-5-7-11-28(26)29;1-25(2,3)33-23(30)26-15-12-21(22(28)29)27(13-15)24(31)32-14-20-18-10-6-4-8-16(18)17-9-5-7-11-19(17)20;1-5-14(21-17(26)27-18(2,3)4)11-20-22-16(25)19-10-12-6-8-13(9-7-12)15(23)24;1-3-12(15)9-18-19-14(21)17-8-10-4-6-11(7-5-10)13(20)16-2;1-2;/h4-11,18,21-24,29-30H,3,12-17,19-20,35H2,1-2H3,(H,36,42)(H,39,43)(H2,37,40,44);4-11,15,20-21H,12-14H2,1-3H3,(H,26,30)(H,28,29);11-14H,5-10H2,1-4H3,(H,21,26)(H,23,24)(H2,19,22,25);9-12H,3-8,15H2,1-2H3,(H,16,20)(H2,17,19,21);2H2,1H3;1H4/b38-18+;;20-11+;18-9+;;/t21?,22?,23-,24+,30+;;12?,13?,14-;10?,11?,12-;;/m1.00../s1. The molecule has 4 aromatic carbocycles. The molecule has 130 heavy (non-hydrogen) atoms. The average Bonchev–Trinajstić information content (AvgIpc) is 1.62. The number of hydrogen-bond acceptors (Lipinski definition) is 22. The number of nitrogens with two attached hydrogens (primary N) is 3. The Morgan fingerprint density at radius 2 is 0.815 bits per heavy atom. The summed E-state index contributed by atoms with van der Waals surface area (Å²) in [5, 5.41) is 52.3. The van der Waals surface area contributed by atoms with Crippen molar-refractivity contribution in [2.75, 3.05) is 67.1 Å². The molecule has 0 bridgehead atoms. The minimum atomic E-state index is -1.14. The number of carbonyl (C=O) groups excluding carboxylic acids is 10. The predicted octanol–water partition coefficient (Wildman–Crippen LogP) is 10.3. The van der Waals surface area contributed by atoms with Gasteiger partial charge in [-0.15, -0.1) is 0 Å². The maximum Gasteiger partial charge on any atom is 0.410 e. The quantitative estimate of drug-likeness (QED) is 0.0150. The topological polar surface area (TPSA) is 536 Å². The summed E-state index contributed by atoms with van der Waals surface area (Å²) >= 11 is 0. The van der Waals surface area contributed by atoms with Crippen molar-refractivity contribution < 1.29 is 86.7 Å². The summed E-state index contributed by atoms with van der Waals surface area (Å²) in [5.41, 5.74) is 31.2. The molecular formula is C93H141N19O18. The number of likely N-dealkylation sites (tertiary alicyclic amines) is 2. The molecule has 2 aliphatic heterocycles. The van der Waals surface area contributed by atoms with Crippen molar-refractivity contribution in [2.45, 2.75) is 244 Å². The van der Waals surface area contributed by atoms with Crippen molar-refractivity contribution in [3.05, 3.63) is 119 Å². The molecule has 0 radical (unpaired) electrons. The fourth-order valence-corrected chi connectivity index (χ4v) is 16.5. The number of nitrogens with zero attached hydrogens (tertiary/aromatic N) is 5. The average molecular weight is 1810 g/mol. The van der Waals surface area contributed by atoms with Gasteiger partial charge in [0.1, 0.15) is 36.5 Å². The Morgan fingerprint density at radius 1 is 0.462 bits per heavy atom. The van der Waals surface area contributed by atoms with Gasteiger partial charge in [0.2, 0.25) is 17.7 Å². The Kier molecular flexibility index (Phi) is 43.7. The molecule has 37 nitrogen and oxygen atoms in total. The van der Waals surface area contributed by atoms with Crippen LogP contribution in [0, 0.1) is 35.5 Å². The van der Waals surface area contributed by atoms with Gasteiger partial charge in [-0.3, -0.25) is 29.0 Å².